The Morgan fingerprint density at radius 3 is 2.30 bits per heavy atom. The summed E-state index contributed by atoms with van der Waals surface area (Å²) in [6, 6.07) is 4.23. The van der Waals surface area contributed by atoms with Gasteiger partial charge in [-0.2, -0.15) is 13.2 Å². The van der Waals surface area contributed by atoms with E-state index < -0.39 is 58.4 Å². The van der Waals surface area contributed by atoms with Gasteiger partial charge in [0.2, 0.25) is 0 Å². The fourth-order valence-corrected chi connectivity index (χ4v) is 2.63. The van der Waals surface area contributed by atoms with Crippen LogP contribution in [0.4, 0.5) is 32.4 Å². The number of para-hydroxylation sites is 1. The molecule has 12 heteroatoms. The fraction of sp³-hybridized carbons (Fsp3) is 0.238. The van der Waals surface area contributed by atoms with Crippen LogP contribution in [0.5, 0.6) is 5.75 Å². The second kappa shape index (κ2) is 10.1. The molecule has 2 N–H and O–H groups in total. The van der Waals surface area contributed by atoms with Gasteiger partial charge in [-0.05, 0) is 31.2 Å². The van der Waals surface area contributed by atoms with E-state index in [1.807, 2.05) is 0 Å². The minimum atomic E-state index is -4.81. The van der Waals surface area contributed by atoms with Gasteiger partial charge in [0.15, 0.2) is 6.10 Å². The predicted octanol–water partition coefficient (Wildman–Crippen LogP) is 5.44. The highest BCUT2D eigenvalue weighted by atomic mass is 35.5. The molecule has 1 atom stereocenters. The molecule has 33 heavy (non-hydrogen) atoms. The molecule has 0 bridgehead atoms. The first-order valence-corrected chi connectivity index (χ1v) is 9.60. The number of anilines is 1. The summed E-state index contributed by atoms with van der Waals surface area (Å²) in [5, 5.41) is 4.17. The normalized spacial score (nSPS) is 12.0. The zero-order valence-corrected chi connectivity index (χ0v) is 18.4. The molecule has 0 aliphatic rings. The fourth-order valence-electron chi connectivity index (χ4n) is 2.42. The lowest BCUT2D eigenvalue weighted by molar-refractivity contribution is -0.189. The van der Waals surface area contributed by atoms with Crippen LogP contribution in [0.2, 0.25) is 5.02 Å². The predicted molar refractivity (Wildman–Crippen MR) is 113 cm³/mol. The molecule has 0 aliphatic heterocycles. The Balaban J connectivity index is 2.52. The highest BCUT2D eigenvalue weighted by molar-refractivity contribution is 6.34. The molecule has 3 amide bonds. The van der Waals surface area contributed by atoms with E-state index in [-0.39, 0.29) is 10.7 Å². The Bertz CT molecular complexity index is 1070. The first kappa shape index (κ1) is 25.9. The van der Waals surface area contributed by atoms with E-state index in [4.69, 9.17) is 16.3 Å². The van der Waals surface area contributed by atoms with E-state index in [0.717, 1.165) is 17.0 Å². The quantitative estimate of drug-likeness (QED) is 0.528. The van der Waals surface area contributed by atoms with Crippen molar-refractivity contribution in [3.63, 3.8) is 0 Å². The van der Waals surface area contributed by atoms with Crippen molar-refractivity contribution >= 4 is 34.9 Å². The number of benzene rings is 2. The van der Waals surface area contributed by atoms with Gasteiger partial charge < -0.3 is 20.3 Å². The lowest BCUT2D eigenvalue weighted by Gasteiger charge is -2.21. The van der Waals surface area contributed by atoms with Crippen molar-refractivity contribution in [1.29, 1.82) is 0 Å². The highest BCUT2D eigenvalue weighted by Gasteiger charge is 2.39. The summed E-state index contributed by atoms with van der Waals surface area (Å²) in [6.07, 6.45) is -7.20. The van der Waals surface area contributed by atoms with Crippen LogP contribution in [0.15, 0.2) is 36.9 Å². The van der Waals surface area contributed by atoms with Gasteiger partial charge >= 0.3 is 12.2 Å². The largest absolute Gasteiger partial charge is 0.480 e. The standard InChI is InChI=1S/C21H19ClF5N3O3/c1-10(28-20(32)30(3)4)12-9-17(33-11(2)21(25,26)27)13(8-16(12)24)19(31)29-18-14(22)6-5-7-15(18)23/h5-9,11H,1H2,2-4H3,(H,28,32)(H,29,31)/t11-/m0/s1. The van der Waals surface area contributed by atoms with Crippen LogP contribution in [0.1, 0.15) is 22.8 Å². The third-order valence-corrected chi connectivity index (χ3v) is 4.58. The molecule has 2 aromatic carbocycles. The highest BCUT2D eigenvalue weighted by Crippen LogP contribution is 2.32. The molecule has 178 valence electrons. The average molecular weight is 492 g/mol. The number of amides is 3. The maximum absolute atomic E-state index is 14.8. The van der Waals surface area contributed by atoms with E-state index in [0.29, 0.717) is 13.0 Å². The number of alkyl halides is 3. The van der Waals surface area contributed by atoms with E-state index in [2.05, 4.69) is 17.2 Å². The van der Waals surface area contributed by atoms with E-state index in [1.54, 1.807) is 0 Å². The van der Waals surface area contributed by atoms with Gasteiger partial charge in [0.05, 0.1) is 16.3 Å². The Morgan fingerprint density at radius 2 is 1.76 bits per heavy atom. The average Bonchev–Trinajstić information content (AvgIpc) is 2.70. The molecule has 0 saturated carbocycles. The van der Waals surface area contributed by atoms with Crippen molar-refractivity contribution in [3.8, 4) is 5.75 Å². The number of hydrogen-bond donors (Lipinski definition) is 2. The minimum absolute atomic E-state index is 0.189. The molecule has 0 aliphatic carbocycles. The second-order valence-electron chi connectivity index (χ2n) is 6.98. The van der Waals surface area contributed by atoms with Crippen LogP contribution < -0.4 is 15.4 Å². The van der Waals surface area contributed by atoms with Gasteiger partial charge in [0.25, 0.3) is 5.91 Å². The monoisotopic (exact) mass is 491 g/mol. The Morgan fingerprint density at radius 1 is 1.12 bits per heavy atom. The first-order chi connectivity index (χ1) is 15.2. The summed E-state index contributed by atoms with van der Waals surface area (Å²) in [6.45, 7) is 4.18. The first-order valence-electron chi connectivity index (χ1n) is 9.22. The van der Waals surface area contributed by atoms with Crippen LogP contribution in [-0.2, 0) is 0 Å². The van der Waals surface area contributed by atoms with Crippen molar-refractivity contribution in [1.82, 2.24) is 10.2 Å². The molecule has 0 aromatic heterocycles. The van der Waals surface area contributed by atoms with Crippen LogP contribution >= 0.6 is 11.6 Å². The van der Waals surface area contributed by atoms with Crippen molar-refractivity contribution in [2.24, 2.45) is 0 Å². The molecule has 0 heterocycles. The summed E-state index contributed by atoms with van der Waals surface area (Å²) in [5.74, 6) is -3.88. The van der Waals surface area contributed by atoms with Crippen LogP contribution in [0.3, 0.4) is 0 Å². The van der Waals surface area contributed by atoms with Gasteiger partial charge in [-0.1, -0.05) is 24.2 Å². The molecule has 0 saturated heterocycles. The number of nitrogens with one attached hydrogen (secondary N) is 2. The molecule has 0 radical (unpaired) electrons. The van der Waals surface area contributed by atoms with E-state index >= 15 is 0 Å². The molecule has 0 unspecified atom stereocenters. The number of rotatable bonds is 6. The number of urea groups is 1. The van der Waals surface area contributed by atoms with Crippen molar-refractivity contribution < 1.29 is 36.3 Å². The van der Waals surface area contributed by atoms with Gasteiger partial charge in [-0.3, -0.25) is 4.79 Å². The van der Waals surface area contributed by atoms with Gasteiger partial charge in [0, 0.05) is 25.4 Å². The summed E-state index contributed by atoms with van der Waals surface area (Å²) in [7, 11) is 2.81. The topological polar surface area (TPSA) is 70.7 Å². The van der Waals surface area contributed by atoms with Gasteiger partial charge in [-0.15, -0.1) is 0 Å². The van der Waals surface area contributed by atoms with Crippen molar-refractivity contribution in [2.45, 2.75) is 19.2 Å². The summed E-state index contributed by atoms with van der Waals surface area (Å²) in [5.41, 5.74) is -1.83. The van der Waals surface area contributed by atoms with Crippen LogP contribution in [0.25, 0.3) is 5.70 Å². The molecular formula is C21H19ClF5N3O3. The third-order valence-electron chi connectivity index (χ3n) is 4.27. The zero-order valence-electron chi connectivity index (χ0n) is 17.6. The van der Waals surface area contributed by atoms with Crippen molar-refractivity contribution in [2.75, 3.05) is 19.4 Å². The lowest BCUT2D eigenvalue weighted by atomic mass is 10.1. The maximum atomic E-state index is 14.8. The SMILES string of the molecule is C=C(NC(=O)N(C)C)c1cc(O[C@@H](C)C(F)(F)F)c(C(=O)Nc2c(F)cccc2Cl)cc1F. The number of ether oxygens (including phenoxy) is 1. The Labute approximate surface area is 191 Å². The van der Waals surface area contributed by atoms with E-state index in [1.165, 1.54) is 26.2 Å². The molecule has 2 aromatic rings. The van der Waals surface area contributed by atoms with E-state index in [9.17, 15) is 31.5 Å². The number of halogens is 6. The second-order valence-corrected chi connectivity index (χ2v) is 7.39. The maximum Gasteiger partial charge on any atom is 0.425 e. The number of carbonyl (C=O) groups is 2. The smallest absolute Gasteiger partial charge is 0.425 e. The summed E-state index contributed by atoms with van der Waals surface area (Å²) in [4.78, 5) is 25.6. The minimum Gasteiger partial charge on any atom is -0.480 e. The molecule has 6 nitrogen and oxygen atoms in total. The number of carbonyl (C=O) groups excluding carboxylic acids is 2. The summed E-state index contributed by atoms with van der Waals surface area (Å²) < 4.78 is 72.9. The van der Waals surface area contributed by atoms with Crippen molar-refractivity contribution in [3.05, 3.63) is 64.7 Å². The van der Waals surface area contributed by atoms with Crippen LogP contribution in [-0.4, -0.2) is 43.2 Å². The van der Waals surface area contributed by atoms with Crippen LogP contribution in [0, 0.1) is 11.6 Å². The molecular weight excluding hydrogens is 473 g/mol. The molecule has 2 rings (SSSR count). The molecule has 0 spiro atoms. The lowest BCUT2D eigenvalue weighted by Crippen LogP contribution is -2.33. The third kappa shape index (κ3) is 6.35. The number of nitrogens with zero attached hydrogens (tertiary/aromatic N) is 1. The van der Waals surface area contributed by atoms with Gasteiger partial charge in [0.1, 0.15) is 17.4 Å². The van der Waals surface area contributed by atoms with Gasteiger partial charge in [-0.25, -0.2) is 13.6 Å². The zero-order chi connectivity index (χ0) is 25.1. The molecule has 0 fully saturated rings. The Kier molecular flexibility index (Phi) is 7.91. The summed E-state index contributed by atoms with van der Waals surface area (Å²) >= 11 is 5.85. The Hall–Kier alpha value is -3.34. The number of hydrogen-bond acceptors (Lipinski definition) is 3.